The molecule has 0 fully saturated rings. The molecule has 12 rings (SSSR count). The van der Waals surface area contributed by atoms with Crippen LogP contribution in [0.15, 0.2) is 215 Å². The summed E-state index contributed by atoms with van der Waals surface area (Å²) >= 11 is 0. The summed E-state index contributed by atoms with van der Waals surface area (Å²) in [6, 6.07) is 42.6. The maximum Gasteiger partial charge on any atom is 0.336 e. The van der Waals surface area contributed by atoms with Crippen molar-refractivity contribution in [3.63, 3.8) is 0 Å². The lowest BCUT2D eigenvalue weighted by Crippen LogP contribution is -3.00. The Kier molecular flexibility index (Phi) is 46.7. The van der Waals surface area contributed by atoms with Crippen LogP contribution < -0.4 is 87.2 Å². The molecule has 0 spiro atoms. The number of nitrogens with zero attached hydrogens (tertiary/aromatic N) is 11. The number of nitrogens with one attached hydrogen (secondary N) is 8. The van der Waals surface area contributed by atoms with Crippen LogP contribution in [-0.4, -0.2) is 184 Å². The number of halogens is 2. The zero-order valence-corrected chi connectivity index (χ0v) is 84.5. The van der Waals surface area contributed by atoms with Crippen LogP contribution in [0.4, 0.5) is 11.4 Å². The van der Waals surface area contributed by atoms with Gasteiger partial charge in [-0.05, 0) is 181 Å². The summed E-state index contributed by atoms with van der Waals surface area (Å²) < 4.78 is 76.0. The molecule has 7 heterocycles. The van der Waals surface area contributed by atoms with Crippen molar-refractivity contribution in [3.05, 3.63) is 311 Å². The number of unbranched alkanes of at least 4 members (excludes halogenated alkanes) is 2. The Labute approximate surface area is 842 Å². The van der Waals surface area contributed by atoms with Gasteiger partial charge in [0.2, 0.25) is 17.0 Å². The molecule has 0 saturated heterocycles. The number of likely N-dealkylation sites (N-methyl/N-ethyl adjacent to an activating group) is 1. The Morgan fingerprint density at radius 3 is 1.70 bits per heavy atom. The number of quaternary nitrogens is 1. The summed E-state index contributed by atoms with van der Waals surface area (Å²) in [5.74, 6) is -2.25. The number of fused-ring (bicyclic) bond motifs is 4. The topological polar surface area (TPSA) is 522 Å². The molecule has 4 aromatic heterocycles. The van der Waals surface area contributed by atoms with Gasteiger partial charge in [-0.15, -0.1) is 0 Å². The van der Waals surface area contributed by atoms with Gasteiger partial charge >= 0.3 is 5.97 Å². The third-order valence-corrected chi connectivity index (χ3v) is 25.2. The number of carboxylic acid groups (broad SMARTS) is 1. The summed E-state index contributed by atoms with van der Waals surface area (Å²) in [6.07, 6.45) is 22.5. The number of aryl methyl sites for hydroxylation is 5. The lowest BCUT2D eigenvalue weighted by Gasteiger charge is -2.30. The fourth-order valence-corrected chi connectivity index (χ4v) is 17.1. The number of hydrogen-bond acceptors (Lipinski definition) is 18. The van der Waals surface area contributed by atoms with Crippen molar-refractivity contribution < 1.29 is 114 Å². The molecule has 1 atom stereocenters. The molecule has 142 heavy (non-hydrogen) atoms. The molecule has 1 aliphatic carbocycles. The van der Waals surface area contributed by atoms with Gasteiger partial charge in [-0.2, -0.15) is 21.4 Å². The fourth-order valence-electron chi connectivity index (χ4n) is 16.1. The van der Waals surface area contributed by atoms with Gasteiger partial charge < -0.3 is 76.9 Å². The minimum Gasteiger partial charge on any atom is -1.00 e. The van der Waals surface area contributed by atoms with Crippen molar-refractivity contribution in [2.45, 2.75) is 157 Å². The number of Topliss-reactive ketones (excluding diaryl/α,β-unsaturated/α-hetero) is 1. The van der Waals surface area contributed by atoms with Gasteiger partial charge in [0.25, 0.3) is 43.9 Å². The number of anilines is 1. The van der Waals surface area contributed by atoms with E-state index in [0.29, 0.717) is 114 Å². The molecule has 0 bridgehead atoms. The number of carbonyl (C=O) groups excluding carboxylic acids is 6. The number of hydrogen-bond donors (Lipinski definition) is 10. The second kappa shape index (κ2) is 56.7. The molecule has 4 aromatic carbocycles. The maximum absolute atomic E-state index is 13.3. The highest BCUT2D eigenvalue weighted by atomic mass is 35.5. The maximum atomic E-state index is 13.3. The number of pyridine rings is 4. The van der Waals surface area contributed by atoms with Crippen LogP contribution >= 0.6 is 0 Å². The molecule has 3 aliphatic heterocycles. The number of amides is 5. The van der Waals surface area contributed by atoms with E-state index in [1.54, 1.807) is 42.7 Å². The number of azide groups is 2. The summed E-state index contributed by atoms with van der Waals surface area (Å²) in [5.41, 5.74) is 37.4. The lowest BCUT2D eigenvalue weighted by atomic mass is 9.76. The normalized spacial score (nSPS) is 13.5. The zero-order chi connectivity index (χ0) is 101. The second-order valence-corrected chi connectivity index (χ2v) is 37.7. The Morgan fingerprint density at radius 2 is 1.14 bits per heavy atom. The number of ketones is 1. The quantitative estimate of drug-likeness (QED) is 0.00207. The number of allylic oxidation sites excluding steroid dienone is 6. The van der Waals surface area contributed by atoms with Crippen molar-refractivity contribution in [3.8, 4) is 22.5 Å². The Balaban J connectivity index is 0.000000342. The van der Waals surface area contributed by atoms with Crippen molar-refractivity contribution in [2.75, 3.05) is 96.5 Å². The van der Waals surface area contributed by atoms with E-state index < -0.39 is 31.6 Å². The molecule has 35 nitrogen and oxygen atoms in total. The van der Waals surface area contributed by atoms with Gasteiger partial charge in [0.05, 0.1) is 65.9 Å². The fraction of sp³-hybridized carbons (Fsp3) is 0.369. The van der Waals surface area contributed by atoms with E-state index in [9.17, 15) is 64.6 Å². The first kappa shape index (κ1) is 117. The van der Waals surface area contributed by atoms with E-state index in [2.05, 4.69) is 152 Å². The van der Waals surface area contributed by atoms with E-state index >= 15 is 0 Å². The molecule has 8 aromatic rings. The molecular formula is C103H131Cl2N20O15S2+3. The standard InChI is InChI=1S/C47H60N8O8S2.C34H30N6O5.C11H17N3O.C10H15N3O.CH4.2ClH/c1-34-17-21-40-38(30-34)46(3,4)42(54(40)26-12-28-64(58,59)60)14-8-6-9-15-43-47(5,39-31-35(2)18-22-41(39)55(43)27-13-29-65(61,62)63)23-11-7-10-16-44(56)49-24-25-50-45(57)36-19-20-37(51-32-36)33-52-53-48;1-20-6-11-26-30(15-20)45-31-17-24(40(2)3)10-13-27(31)32(26)28-16-21(8-12-25(28)34(43)44)29(41)5-4-14-36-33(42)22-7-9-23(37-18-22)19-38-39-35;1-3-10-5-4-9(8-14-10)11(15)13-7-6-12-2;1-2-9-4-3-8(7-13-9)10(14)12-6-5-11;;;/h6,8-9,14-15,17-22,30-32H,7,10-13,16,23-29,33H2,1-5H3,(H3-,49,50,56,57,58,59,60,61,62,63);6-13,15-18H,4-5,14,19H2,1-3H3,(H-,36,42,43,44);4-5,8,12H,3,6-7H2,1-2H3,(H,13,15);3-4,7H,2,5-6,11H2,1H3,(H,12,14);1H4;2*1H/p+3. The molecule has 756 valence electrons. The van der Waals surface area contributed by atoms with Crippen LogP contribution in [0.2, 0.25) is 0 Å². The summed E-state index contributed by atoms with van der Waals surface area (Å²) in [6.45, 7) is 21.1. The number of H-pyrrole nitrogens is 2. The molecule has 4 aliphatic rings. The molecule has 14 N–H and O–H groups in total. The molecule has 39 heteroatoms. The first-order chi connectivity index (χ1) is 66.4. The first-order valence-corrected chi connectivity index (χ1v) is 49.4. The number of benzene rings is 5. The van der Waals surface area contributed by atoms with Crippen LogP contribution in [0.5, 0.6) is 0 Å². The number of rotatable bonds is 42. The summed E-state index contributed by atoms with van der Waals surface area (Å²) in [7, 11) is -2.56. The predicted octanol–water partition coefficient (Wildman–Crippen LogP) is 7.24. The number of aromatic nitrogens is 4. The van der Waals surface area contributed by atoms with Crippen molar-refractivity contribution in [2.24, 2.45) is 10.2 Å². The van der Waals surface area contributed by atoms with Crippen LogP contribution in [0.3, 0.4) is 0 Å². The Morgan fingerprint density at radius 1 is 0.592 bits per heavy atom. The zero-order valence-electron chi connectivity index (χ0n) is 81.4. The average Bonchev–Trinajstić information content (AvgIpc) is 1.55. The number of carboxylic acids is 1. The first-order valence-electron chi connectivity index (χ1n) is 46.2. The van der Waals surface area contributed by atoms with E-state index in [0.717, 1.165) is 117 Å². The minimum absolute atomic E-state index is 0. The summed E-state index contributed by atoms with van der Waals surface area (Å²) in [4.78, 5) is 108. The van der Waals surface area contributed by atoms with Gasteiger partial charge in [-0.1, -0.05) is 110 Å². The molecule has 5 amide bonds. The van der Waals surface area contributed by atoms with E-state index in [-0.39, 0.29) is 142 Å². The van der Waals surface area contributed by atoms with Crippen molar-refractivity contribution in [1.82, 2.24) is 46.4 Å². The molecule has 0 radical (unpaired) electrons. The van der Waals surface area contributed by atoms with Gasteiger partial charge in [0.1, 0.15) is 43.1 Å². The third kappa shape index (κ3) is 34.1. The highest BCUT2D eigenvalue weighted by Gasteiger charge is 2.45. The number of carbonyl (C=O) groups is 7. The van der Waals surface area contributed by atoms with Gasteiger partial charge in [-0.3, -0.25) is 47.8 Å². The third-order valence-electron chi connectivity index (χ3n) is 23.6. The SMILES string of the molecule is C.CCc1ccc(C(=O)NCCNC)c[nH+]1.CCc1ccc(C(=O)NCC[NH3+])c[nH+]1.Cc1ccc2c(-c3cc(C(=O)CCCNC(=O)c4ccc(CN=[N+]=[N-])nc4)ccc3C(=O)O)c3ccc(=[N+](C)C)cc-3oc2c1.Cc1ccc2c(c1)C(C)(C)C(C=CC=CC=C1N(CCCS(=O)(=O)O)c3ccc(C)cc3C1(C)CCCCCC(=O)NCCNC(=O)c1ccc(CN=[N+]=[N-])nc1)=[N+]2CCCS(=O)(=O)O.[Cl-].[Cl-]. The van der Waals surface area contributed by atoms with E-state index in [1.165, 1.54) is 24.5 Å². The highest BCUT2D eigenvalue weighted by molar-refractivity contribution is 7.86. The van der Waals surface area contributed by atoms with E-state index in [4.69, 9.17) is 15.5 Å². The smallest absolute Gasteiger partial charge is 0.336 e. The Hall–Kier alpha value is -13.7. The van der Waals surface area contributed by atoms with Crippen LogP contribution in [0, 0.1) is 20.8 Å². The van der Waals surface area contributed by atoms with E-state index in [1.807, 2.05) is 144 Å². The predicted molar refractivity (Wildman–Crippen MR) is 542 cm³/mol. The Bertz CT molecular complexity index is 6580. The molecular weight excluding hydrogens is 1890 g/mol. The lowest BCUT2D eigenvalue weighted by molar-refractivity contribution is -0.437. The number of aromatic amines is 2. The van der Waals surface area contributed by atoms with Crippen LogP contribution in [-0.2, 0) is 61.8 Å². The number of aromatic carboxylic acids is 1. The molecule has 0 saturated carbocycles. The van der Waals surface area contributed by atoms with Crippen molar-refractivity contribution >= 4 is 89.6 Å². The van der Waals surface area contributed by atoms with Gasteiger partial charge in [0, 0.05) is 180 Å². The minimum atomic E-state index is -4.17. The van der Waals surface area contributed by atoms with Gasteiger partial charge in [-0.25, -0.2) is 19.3 Å². The average molecular weight is 2020 g/mol. The van der Waals surface area contributed by atoms with Crippen LogP contribution in [0.25, 0.3) is 54.3 Å². The van der Waals surface area contributed by atoms with Crippen molar-refractivity contribution in [1.29, 1.82) is 0 Å². The molecule has 1 unspecified atom stereocenters. The van der Waals surface area contributed by atoms with Gasteiger partial charge in [0.15, 0.2) is 35.3 Å². The van der Waals surface area contributed by atoms with Crippen LogP contribution in [0.1, 0.15) is 213 Å². The largest absolute Gasteiger partial charge is 1.00 e. The highest BCUT2D eigenvalue weighted by Crippen LogP contribution is 2.52. The summed E-state index contributed by atoms with van der Waals surface area (Å²) in [5, 5.41) is 35.7. The monoisotopic (exact) mass is 2020 g/mol. The second-order valence-electron chi connectivity index (χ2n) is 34.6.